The van der Waals surface area contributed by atoms with Crippen molar-refractivity contribution in [2.75, 3.05) is 17.7 Å². The van der Waals surface area contributed by atoms with Gasteiger partial charge in [-0.3, -0.25) is 9.36 Å². The highest BCUT2D eigenvalue weighted by molar-refractivity contribution is 8.00. The molecule has 0 saturated carbocycles. The third-order valence-electron chi connectivity index (χ3n) is 4.82. The normalized spacial score (nSPS) is 18.6. The molecule has 0 spiro atoms. The minimum Gasteiger partial charge on any atom is -0.376 e. The summed E-state index contributed by atoms with van der Waals surface area (Å²) in [6, 6.07) is 0. The Bertz CT molecular complexity index is 902. The average Bonchev–Trinajstić information content (AvgIpc) is 3.38. The fraction of sp³-hybridized carbons (Fsp3) is 0.556. The number of rotatable bonds is 6. The molecule has 1 aliphatic heterocycles. The van der Waals surface area contributed by atoms with Crippen LogP contribution in [-0.4, -0.2) is 38.9 Å². The van der Waals surface area contributed by atoms with Gasteiger partial charge < -0.3 is 10.1 Å². The summed E-state index contributed by atoms with van der Waals surface area (Å²) in [7, 11) is 0. The van der Waals surface area contributed by atoms with Crippen LogP contribution in [0.5, 0.6) is 0 Å². The van der Waals surface area contributed by atoms with Crippen molar-refractivity contribution in [3.8, 4) is 0 Å². The summed E-state index contributed by atoms with van der Waals surface area (Å²) in [4.78, 5) is 33.3. The van der Waals surface area contributed by atoms with E-state index < -0.39 is 0 Å². The van der Waals surface area contributed by atoms with Crippen molar-refractivity contribution in [2.24, 2.45) is 0 Å². The third-order valence-corrected chi connectivity index (χ3v) is 6.71. The summed E-state index contributed by atoms with van der Waals surface area (Å²) in [6.45, 7) is 3.25. The first-order valence-corrected chi connectivity index (χ1v) is 11.1. The second-order valence-electron chi connectivity index (χ2n) is 6.85. The van der Waals surface area contributed by atoms with Crippen molar-refractivity contribution in [2.45, 2.75) is 56.7 Å². The second kappa shape index (κ2) is 8.12. The van der Waals surface area contributed by atoms with Gasteiger partial charge in [0, 0.05) is 23.2 Å². The van der Waals surface area contributed by atoms with Crippen molar-refractivity contribution >= 4 is 34.1 Å². The number of hydrogen-bond donors (Lipinski definition) is 1. The number of carbonyl (C=O) groups excluding carboxylic acids is 1. The van der Waals surface area contributed by atoms with Gasteiger partial charge in [-0.1, -0.05) is 11.8 Å². The van der Waals surface area contributed by atoms with Crippen LogP contribution in [0, 0.1) is 6.92 Å². The Morgan fingerprint density at radius 1 is 1.41 bits per heavy atom. The first-order chi connectivity index (χ1) is 13.1. The standard InChI is InChI=1S/C18H22N4O3S2/c1-11-9-27-17(19-11)20-15(23)10-26-16-13-5-2-6-14(13)22(18(24)21-16)8-12-4-3-7-25-12/h9,12H,2-8,10H2,1H3,(H,19,20,23). The summed E-state index contributed by atoms with van der Waals surface area (Å²) in [5.74, 6) is 0.0826. The summed E-state index contributed by atoms with van der Waals surface area (Å²) in [5.41, 5.74) is 2.85. The highest BCUT2D eigenvalue weighted by Crippen LogP contribution is 2.30. The fourth-order valence-electron chi connectivity index (χ4n) is 3.59. The minimum atomic E-state index is -0.232. The molecular weight excluding hydrogens is 384 g/mol. The van der Waals surface area contributed by atoms with Crippen molar-refractivity contribution in [1.82, 2.24) is 14.5 Å². The summed E-state index contributed by atoms with van der Waals surface area (Å²) in [5, 5.41) is 5.98. The molecule has 1 aliphatic carbocycles. The molecule has 2 aliphatic rings. The van der Waals surface area contributed by atoms with E-state index in [0.29, 0.717) is 16.7 Å². The van der Waals surface area contributed by atoms with E-state index in [1.165, 1.54) is 23.1 Å². The maximum atomic E-state index is 12.6. The van der Waals surface area contributed by atoms with Gasteiger partial charge in [0.15, 0.2) is 5.13 Å². The number of hydrogen-bond acceptors (Lipinski definition) is 7. The van der Waals surface area contributed by atoms with Gasteiger partial charge in [0.25, 0.3) is 0 Å². The summed E-state index contributed by atoms with van der Waals surface area (Å²) in [6.07, 6.45) is 4.97. The molecule has 0 aromatic carbocycles. The van der Waals surface area contributed by atoms with E-state index in [4.69, 9.17) is 4.74 Å². The number of aromatic nitrogens is 3. The van der Waals surface area contributed by atoms with E-state index >= 15 is 0 Å². The molecule has 0 bridgehead atoms. The lowest BCUT2D eigenvalue weighted by Gasteiger charge is -2.17. The van der Waals surface area contributed by atoms with Gasteiger partial charge >= 0.3 is 5.69 Å². The Labute approximate surface area is 165 Å². The molecule has 1 saturated heterocycles. The quantitative estimate of drug-likeness (QED) is 0.586. The molecule has 9 heteroatoms. The van der Waals surface area contributed by atoms with Crippen molar-refractivity contribution in [1.29, 1.82) is 0 Å². The Morgan fingerprint density at radius 3 is 3.04 bits per heavy atom. The average molecular weight is 407 g/mol. The largest absolute Gasteiger partial charge is 0.376 e. The van der Waals surface area contributed by atoms with Crippen molar-refractivity contribution in [3.63, 3.8) is 0 Å². The van der Waals surface area contributed by atoms with Crippen LogP contribution in [0.1, 0.15) is 36.2 Å². The zero-order valence-corrected chi connectivity index (χ0v) is 16.8. The fourth-order valence-corrected chi connectivity index (χ4v) is 5.17. The number of aryl methyl sites for hydroxylation is 1. The number of amides is 1. The van der Waals surface area contributed by atoms with Crippen LogP contribution in [0.3, 0.4) is 0 Å². The first-order valence-electron chi connectivity index (χ1n) is 9.19. The highest BCUT2D eigenvalue weighted by atomic mass is 32.2. The van der Waals surface area contributed by atoms with E-state index in [-0.39, 0.29) is 23.5 Å². The van der Waals surface area contributed by atoms with Crippen molar-refractivity contribution in [3.05, 3.63) is 32.8 Å². The van der Waals surface area contributed by atoms with E-state index in [0.717, 1.165) is 55.7 Å². The Morgan fingerprint density at radius 2 is 2.30 bits per heavy atom. The lowest BCUT2D eigenvalue weighted by Crippen LogP contribution is -2.31. The molecule has 2 aromatic rings. The SMILES string of the molecule is Cc1csc(NC(=O)CSc2nc(=O)n(CC3CCCO3)c3c2CCC3)n1. The molecule has 0 radical (unpaired) electrons. The lowest BCUT2D eigenvalue weighted by atomic mass is 10.2. The van der Waals surface area contributed by atoms with Gasteiger partial charge in [-0.25, -0.2) is 9.78 Å². The molecule has 1 atom stereocenters. The molecule has 3 heterocycles. The molecule has 1 N–H and O–H groups in total. The van der Waals surface area contributed by atoms with Crippen LogP contribution < -0.4 is 11.0 Å². The van der Waals surface area contributed by atoms with E-state index in [9.17, 15) is 9.59 Å². The zero-order valence-electron chi connectivity index (χ0n) is 15.2. The van der Waals surface area contributed by atoms with Gasteiger partial charge in [0.05, 0.1) is 24.1 Å². The predicted molar refractivity (Wildman–Crippen MR) is 106 cm³/mol. The molecule has 1 unspecified atom stereocenters. The summed E-state index contributed by atoms with van der Waals surface area (Å²) >= 11 is 2.74. The van der Waals surface area contributed by atoms with Crippen LogP contribution in [0.2, 0.25) is 0 Å². The number of carbonyl (C=O) groups is 1. The number of thiazole rings is 1. The second-order valence-corrected chi connectivity index (χ2v) is 8.68. The molecular formula is C18H22N4O3S2. The molecule has 2 aromatic heterocycles. The molecule has 4 rings (SSSR count). The first kappa shape index (κ1) is 18.6. The zero-order chi connectivity index (χ0) is 18.8. The molecule has 7 nitrogen and oxygen atoms in total. The predicted octanol–water partition coefficient (Wildman–Crippen LogP) is 2.41. The highest BCUT2D eigenvalue weighted by Gasteiger charge is 2.25. The van der Waals surface area contributed by atoms with Crippen LogP contribution in [-0.2, 0) is 28.9 Å². The Balaban J connectivity index is 1.46. The van der Waals surface area contributed by atoms with Crippen LogP contribution >= 0.6 is 23.1 Å². The maximum Gasteiger partial charge on any atom is 0.348 e. The van der Waals surface area contributed by atoms with Crippen molar-refractivity contribution < 1.29 is 9.53 Å². The Hall–Kier alpha value is -1.71. The van der Waals surface area contributed by atoms with E-state index in [2.05, 4.69) is 15.3 Å². The molecule has 1 fully saturated rings. The van der Waals surface area contributed by atoms with Gasteiger partial charge in [0.2, 0.25) is 5.91 Å². The van der Waals surface area contributed by atoms with Gasteiger partial charge in [-0.15, -0.1) is 11.3 Å². The topological polar surface area (TPSA) is 86.1 Å². The molecule has 1 amide bonds. The van der Waals surface area contributed by atoms with Gasteiger partial charge in [-0.05, 0) is 39.0 Å². The van der Waals surface area contributed by atoms with Crippen LogP contribution in [0.15, 0.2) is 15.2 Å². The monoisotopic (exact) mass is 406 g/mol. The van der Waals surface area contributed by atoms with E-state index in [1.54, 1.807) is 4.57 Å². The maximum absolute atomic E-state index is 12.6. The number of nitrogens with zero attached hydrogens (tertiary/aromatic N) is 3. The number of fused-ring (bicyclic) bond motifs is 1. The smallest absolute Gasteiger partial charge is 0.348 e. The Kier molecular flexibility index (Phi) is 5.60. The van der Waals surface area contributed by atoms with Gasteiger partial charge in [0.1, 0.15) is 5.03 Å². The minimum absolute atomic E-state index is 0.111. The number of anilines is 1. The van der Waals surface area contributed by atoms with Gasteiger partial charge in [-0.2, -0.15) is 4.98 Å². The number of nitrogens with one attached hydrogen (secondary N) is 1. The summed E-state index contributed by atoms with van der Waals surface area (Å²) < 4.78 is 7.48. The van der Waals surface area contributed by atoms with Crippen LogP contribution in [0.4, 0.5) is 5.13 Å². The number of thioether (sulfide) groups is 1. The number of ether oxygens (including phenoxy) is 1. The van der Waals surface area contributed by atoms with Crippen LogP contribution in [0.25, 0.3) is 0 Å². The van der Waals surface area contributed by atoms with E-state index in [1.807, 2.05) is 12.3 Å². The lowest BCUT2D eigenvalue weighted by molar-refractivity contribution is -0.113. The third kappa shape index (κ3) is 4.25. The molecule has 144 valence electrons. The molecule has 27 heavy (non-hydrogen) atoms.